The topological polar surface area (TPSA) is 73.0 Å². The molecule has 1 amide bonds. The average molecular weight is 381 g/mol. The number of hydrogen-bond acceptors (Lipinski definition) is 5. The Kier molecular flexibility index (Phi) is 3.75. The Morgan fingerprint density at radius 3 is 2.81 bits per heavy atom. The van der Waals surface area contributed by atoms with Crippen LogP contribution in [0.2, 0.25) is 0 Å². The fourth-order valence-electron chi connectivity index (χ4n) is 4.39. The molecule has 5 rings (SSSR count). The Hall–Kier alpha value is -2.74. The van der Waals surface area contributed by atoms with Gasteiger partial charge in [-0.3, -0.25) is 9.59 Å². The Morgan fingerprint density at radius 1 is 1.19 bits per heavy atom. The molecule has 138 valence electrons. The summed E-state index contributed by atoms with van der Waals surface area (Å²) in [5.41, 5.74) is 1.67. The number of piperidine rings is 1. The fourth-order valence-corrected chi connectivity index (χ4v) is 4.95. The minimum Gasteiger partial charge on any atom is -0.337 e. The Morgan fingerprint density at radius 2 is 2.07 bits per heavy atom. The van der Waals surface area contributed by atoms with Crippen LogP contribution in [0.3, 0.4) is 0 Å². The summed E-state index contributed by atoms with van der Waals surface area (Å²) in [5.74, 6) is 1.22. The van der Waals surface area contributed by atoms with Crippen molar-refractivity contribution in [2.45, 2.75) is 18.9 Å². The van der Waals surface area contributed by atoms with Crippen molar-refractivity contribution in [3.8, 4) is 11.4 Å². The van der Waals surface area contributed by atoms with Crippen molar-refractivity contribution < 1.29 is 4.79 Å². The van der Waals surface area contributed by atoms with Crippen molar-refractivity contribution in [1.29, 1.82) is 0 Å². The first-order valence-electron chi connectivity index (χ1n) is 9.03. The van der Waals surface area contributed by atoms with E-state index < -0.39 is 0 Å². The molecule has 5 heterocycles. The van der Waals surface area contributed by atoms with Crippen LogP contribution in [-0.4, -0.2) is 42.4 Å². The molecule has 2 bridgehead atoms. The summed E-state index contributed by atoms with van der Waals surface area (Å²) in [4.78, 5) is 32.8. The molecule has 0 spiro atoms. The van der Waals surface area contributed by atoms with Crippen molar-refractivity contribution in [3.63, 3.8) is 0 Å². The number of aryl methyl sites for hydroxylation is 1. The van der Waals surface area contributed by atoms with Crippen LogP contribution >= 0.6 is 11.5 Å². The predicted octanol–water partition coefficient (Wildman–Crippen LogP) is 1.96. The van der Waals surface area contributed by atoms with Gasteiger partial charge in [-0.25, -0.2) is 9.36 Å². The third-order valence-corrected chi connectivity index (χ3v) is 6.34. The first kappa shape index (κ1) is 16.4. The Bertz CT molecular complexity index is 1070. The largest absolute Gasteiger partial charge is 0.337 e. The maximum absolute atomic E-state index is 13.1. The van der Waals surface area contributed by atoms with E-state index >= 15 is 0 Å². The lowest BCUT2D eigenvalue weighted by atomic mass is 9.83. The zero-order valence-electron chi connectivity index (χ0n) is 14.9. The van der Waals surface area contributed by atoms with Gasteiger partial charge < -0.3 is 14.0 Å². The molecule has 0 unspecified atom stereocenters. The molecule has 8 heteroatoms. The van der Waals surface area contributed by atoms with Crippen LogP contribution in [-0.2, 0) is 13.6 Å². The third kappa shape index (κ3) is 2.63. The lowest BCUT2D eigenvalue weighted by Crippen LogP contribution is -2.49. The van der Waals surface area contributed by atoms with Gasteiger partial charge >= 0.3 is 0 Å². The maximum atomic E-state index is 13.1. The number of fused-ring (bicyclic) bond motifs is 4. The third-order valence-electron chi connectivity index (χ3n) is 5.60. The van der Waals surface area contributed by atoms with E-state index in [0.717, 1.165) is 12.1 Å². The molecule has 27 heavy (non-hydrogen) atoms. The summed E-state index contributed by atoms with van der Waals surface area (Å²) in [6.07, 6.45) is 6.23. The van der Waals surface area contributed by atoms with E-state index in [1.54, 1.807) is 18.5 Å². The van der Waals surface area contributed by atoms with E-state index in [9.17, 15) is 9.59 Å². The minimum atomic E-state index is 0.0127. The molecular weight excluding hydrogens is 362 g/mol. The van der Waals surface area contributed by atoms with Gasteiger partial charge in [-0.15, -0.1) is 0 Å². The highest BCUT2D eigenvalue weighted by Crippen LogP contribution is 2.36. The highest BCUT2D eigenvalue weighted by molar-refractivity contribution is 7.08. The molecule has 2 aliphatic rings. The van der Waals surface area contributed by atoms with Crippen molar-refractivity contribution in [2.24, 2.45) is 13.0 Å². The van der Waals surface area contributed by atoms with Crippen molar-refractivity contribution in [3.05, 3.63) is 57.7 Å². The van der Waals surface area contributed by atoms with Gasteiger partial charge in [0, 0.05) is 56.9 Å². The zero-order chi connectivity index (χ0) is 18.5. The number of hydrogen-bond donors (Lipinski definition) is 0. The first-order valence-corrected chi connectivity index (χ1v) is 9.80. The molecule has 0 radical (unpaired) electrons. The molecule has 2 atom stereocenters. The first-order chi connectivity index (χ1) is 13.1. The number of carbonyl (C=O) groups is 1. The molecule has 1 saturated heterocycles. The van der Waals surface area contributed by atoms with Crippen LogP contribution in [0.4, 0.5) is 0 Å². The number of imidazole rings is 1. The van der Waals surface area contributed by atoms with Crippen LogP contribution < -0.4 is 5.56 Å². The monoisotopic (exact) mass is 381 g/mol. The smallest absolute Gasteiger partial charge is 0.265 e. The van der Waals surface area contributed by atoms with Gasteiger partial charge in [0.15, 0.2) is 0 Å². The van der Waals surface area contributed by atoms with Crippen LogP contribution in [0.5, 0.6) is 0 Å². The van der Waals surface area contributed by atoms with Crippen LogP contribution in [0.15, 0.2) is 41.6 Å². The number of nitrogens with zero attached hydrogens (tertiary/aromatic N) is 5. The second-order valence-electron chi connectivity index (χ2n) is 7.33. The predicted molar refractivity (Wildman–Crippen MR) is 102 cm³/mol. The molecule has 3 aromatic heterocycles. The molecule has 0 aliphatic carbocycles. The summed E-state index contributed by atoms with van der Waals surface area (Å²) in [7, 11) is 1.89. The van der Waals surface area contributed by atoms with E-state index in [0.29, 0.717) is 41.8 Å². The number of aromatic nitrogens is 4. The van der Waals surface area contributed by atoms with E-state index in [1.807, 2.05) is 39.4 Å². The molecule has 7 nitrogen and oxygen atoms in total. The summed E-state index contributed by atoms with van der Waals surface area (Å²) < 4.78 is 7.80. The van der Waals surface area contributed by atoms with Gasteiger partial charge in [0.25, 0.3) is 11.5 Å². The molecular formula is C19H19N5O2S. The van der Waals surface area contributed by atoms with Gasteiger partial charge in [0.2, 0.25) is 0 Å². The van der Waals surface area contributed by atoms with Gasteiger partial charge in [-0.2, -0.15) is 0 Å². The van der Waals surface area contributed by atoms with Gasteiger partial charge in [-0.05, 0) is 42.1 Å². The van der Waals surface area contributed by atoms with E-state index in [1.165, 1.54) is 11.5 Å². The van der Waals surface area contributed by atoms with Gasteiger partial charge in [0.05, 0.1) is 5.56 Å². The minimum absolute atomic E-state index is 0.0127. The van der Waals surface area contributed by atoms with Crippen LogP contribution in [0.1, 0.15) is 27.7 Å². The molecule has 1 fully saturated rings. The molecule has 2 aliphatic heterocycles. The number of likely N-dealkylation sites (tertiary alicyclic amines) is 1. The second kappa shape index (κ2) is 6.16. The second-order valence-corrected chi connectivity index (χ2v) is 8.17. The van der Waals surface area contributed by atoms with E-state index in [4.69, 9.17) is 0 Å². The number of pyridine rings is 1. The van der Waals surface area contributed by atoms with Crippen LogP contribution in [0.25, 0.3) is 11.4 Å². The lowest BCUT2D eigenvalue weighted by molar-refractivity contribution is 0.0599. The lowest BCUT2D eigenvalue weighted by Gasteiger charge is -2.42. The maximum Gasteiger partial charge on any atom is 0.265 e. The Balaban J connectivity index is 1.50. The summed E-state index contributed by atoms with van der Waals surface area (Å²) in [6, 6.07) is 5.68. The van der Waals surface area contributed by atoms with Crippen molar-refractivity contribution in [1.82, 2.24) is 23.4 Å². The number of amides is 1. The van der Waals surface area contributed by atoms with Crippen molar-refractivity contribution in [2.75, 3.05) is 13.1 Å². The molecule has 3 aromatic rings. The van der Waals surface area contributed by atoms with E-state index in [2.05, 4.69) is 9.36 Å². The standard InChI is InChI=1S/C19H19N5O2S/c1-22-7-6-20-17(22)14-2-3-15-13-8-12(10-24(15)18(14)25)9-23(11-13)19(26)16-4-5-21-27-16/h2-7,12-13H,8-11H2,1H3/t12-,13+/m0/s1. The molecule has 0 aromatic carbocycles. The van der Waals surface area contributed by atoms with Gasteiger partial charge in [0.1, 0.15) is 10.7 Å². The summed E-state index contributed by atoms with van der Waals surface area (Å²) in [6.45, 7) is 1.98. The number of carbonyl (C=O) groups excluding carboxylic acids is 1. The normalized spacial score (nSPS) is 21.1. The highest BCUT2D eigenvalue weighted by Gasteiger charge is 2.37. The SMILES string of the molecule is Cn1ccnc1-c1ccc2n(c1=O)C[C@H]1C[C@@H]2CN(C(=O)c2ccns2)C1. The highest BCUT2D eigenvalue weighted by atomic mass is 32.1. The molecule has 0 saturated carbocycles. The van der Waals surface area contributed by atoms with Crippen molar-refractivity contribution >= 4 is 17.4 Å². The van der Waals surface area contributed by atoms with Crippen LogP contribution in [0, 0.1) is 5.92 Å². The number of rotatable bonds is 2. The van der Waals surface area contributed by atoms with Gasteiger partial charge in [-0.1, -0.05) is 0 Å². The average Bonchev–Trinajstić information content (AvgIpc) is 3.34. The fraction of sp³-hybridized carbons (Fsp3) is 0.368. The van der Waals surface area contributed by atoms with E-state index in [-0.39, 0.29) is 17.4 Å². The summed E-state index contributed by atoms with van der Waals surface area (Å²) in [5, 5.41) is 0. The zero-order valence-corrected chi connectivity index (χ0v) is 15.7. The summed E-state index contributed by atoms with van der Waals surface area (Å²) >= 11 is 1.24. The Labute approximate surface area is 160 Å². The quantitative estimate of drug-likeness (QED) is 0.680. The molecule has 0 N–H and O–H groups in total.